The van der Waals surface area contributed by atoms with E-state index in [9.17, 15) is 5.11 Å². The zero-order chi connectivity index (χ0) is 21.6. The molecule has 120 valence electrons. The Balaban J connectivity index is 2.30. The number of nitrogens with zero attached hydrogens (tertiary/aromatic N) is 3. The zero-order valence-electron chi connectivity index (χ0n) is 19.1. The number of morpholine rings is 1. The molecule has 21 heavy (non-hydrogen) atoms. The minimum atomic E-state index is -2.96. The van der Waals surface area contributed by atoms with Crippen molar-refractivity contribution in [1.29, 1.82) is 0 Å². The molecule has 0 radical (unpaired) electrons. The standard InChI is InChI=1S/C13H24N4O3S/c1-13(2,3)14-8-10(18)9-20-12-11(15-21-16-12)17-4-6-19-7-5-17/h10,14,18H,4-9H2,1-3H3/t10-/m0/s1/i4D2,5D2,9D2,10D. The number of nitrogens with one attached hydrogen (secondary N) is 1. The van der Waals surface area contributed by atoms with Gasteiger partial charge < -0.3 is 24.8 Å². The Kier molecular flexibility index (Phi) is 3.23. The summed E-state index contributed by atoms with van der Waals surface area (Å²) in [7, 11) is 0. The molecule has 0 amide bonds. The molecule has 2 N–H and O–H groups in total. The maximum absolute atomic E-state index is 10.3. The molecule has 1 fully saturated rings. The molecule has 0 aliphatic carbocycles. The van der Waals surface area contributed by atoms with Crippen molar-refractivity contribution in [3.63, 3.8) is 0 Å². The first-order valence-electron chi connectivity index (χ1n) is 9.86. The zero-order valence-corrected chi connectivity index (χ0v) is 13.0. The lowest BCUT2D eigenvalue weighted by molar-refractivity contribution is 0.0975. The van der Waals surface area contributed by atoms with Gasteiger partial charge in [-0.15, -0.1) is 4.37 Å². The second-order valence-electron chi connectivity index (χ2n) is 5.29. The molecule has 1 saturated heterocycles. The fraction of sp³-hybridized carbons (Fsp3) is 0.846. The Labute approximate surface area is 139 Å². The molecule has 0 spiro atoms. The van der Waals surface area contributed by atoms with Gasteiger partial charge in [-0.1, -0.05) is 0 Å². The summed E-state index contributed by atoms with van der Waals surface area (Å²) in [6, 6.07) is 0. The molecule has 1 atom stereocenters. The topological polar surface area (TPSA) is 79.7 Å². The van der Waals surface area contributed by atoms with Crippen LogP contribution in [0, 0.1) is 0 Å². The van der Waals surface area contributed by atoms with Crippen LogP contribution in [0.2, 0.25) is 0 Å². The highest BCUT2D eigenvalue weighted by atomic mass is 32.1. The second kappa shape index (κ2) is 7.35. The van der Waals surface area contributed by atoms with Crippen LogP contribution in [-0.2, 0) is 4.74 Å². The van der Waals surface area contributed by atoms with Gasteiger partial charge >= 0.3 is 0 Å². The van der Waals surface area contributed by atoms with Gasteiger partial charge in [-0.25, -0.2) is 0 Å². The minimum Gasteiger partial charge on any atom is -0.472 e. The van der Waals surface area contributed by atoms with Crippen LogP contribution >= 0.6 is 11.7 Å². The van der Waals surface area contributed by atoms with Gasteiger partial charge in [0, 0.05) is 25.1 Å². The van der Waals surface area contributed by atoms with Crippen LogP contribution in [0.1, 0.15) is 30.4 Å². The summed E-state index contributed by atoms with van der Waals surface area (Å²) < 4.78 is 73.7. The van der Waals surface area contributed by atoms with E-state index in [1.165, 1.54) is 0 Å². The number of rotatable bonds is 6. The maximum Gasteiger partial charge on any atom is 0.270 e. The highest BCUT2D eigenvalue weighted by molar-refractivity contribution is 6.99. The summed E-state index contributed by atoms with van der Waals surface area (Å²) in [5.74, 6) is -0.891. The lowest BCUT2D eigenvalue weighted by Gasteiger charge is -2.27. The number of ether oxygens (including phenoxy) is 2. The van der Waals surface area contributed by atoms with Gasteiger partial charge in [-0.05, 0) is 20.8 Å². The van der Waals surface area contributed by atoms with E-state index in [-0.39, 0.29) is 5.82 Å². The van der Waals surface area contributed by atoms with Gasteiger partial charge in [0.15, 0.2) is 0 Å². The van der Waals surface area contributed by atoms with Crippen molar-refractivity contribution in [2.45, 2.75) is 32.4 Å². The molecule has 0 unspecified atom stereocenters. The van der Waals surface area contributed by atoms with Gasteiger partial charge in [-0.3, -0.25) is 0 Å². The van der Waals surface area contributed by atoms with Crippen molar-refractivity contribution in [2.24, 2.45) is 0 Å². The first-order valence-corrected chi connectivity index (χ1v) is 7.09. The lowest BCUT2D eigenvalue weighted by Crippen LogP contribution is -2.42. The number of anilines is 1. The van der Waals surface area contributed by atoms with Crippen molar-refractivity contribution < 1.29 is 24.2 Å². The molecule has 1 aromatic rings. The van der Waals surface area contributed by atoms with Crippen LogP contribution in [0.4, 0.5) is 5.82 Å². The van der Waals surface area contributed by atoms with Crippen LogP contribution in [0.15, 0.2) is 0 Å². The quantitative estimate of drug-likeness (QED) is 0.789. The largest absolute Gasteiger partial charge is 0.472 e. The number of hydrogen-bond donors (Lipinski definition) is 2. The van der Waals surface area contributed by atoms with Crippen LogP contribution in [0.25, 0.3) is 0 Å². The molecular weight excluding hydrogens is 292 g/mol. The third-order valence-corrected chi connectivity index (χ3v) is 2.86. The summed E-state index contributed by atoms with van der Waals surface area (Å²) in [6.45, 7) is -3.54. The normalized spacial score (nSPS) is 29.7. The first kappa shape index (κ1) is 9.24. The van der Waals surface area contributed by atoms with Crippen molar-refractivity contribution in [1.82, 2.24) is 14.1 Å². The molecule has 0 saturated carbocycles. The van der Waals surface area contributed by atoms with Gasteiger partial charge in [0.05, 0.1) is 34.5 Å². The van der Waals surface area contributed by atoms with Crippen molar-refractivity contribution in [2.75, 3.05) is 44.2 Å². The van der Waals surface area contributed by atoms with E-state index in [2.05, 4.69) is 14.1 Å². The smallest absolute Gasteiger partial charge is 0.270 e. The fourth-order valence-electron chi connectivity index (χ4n) is 1.35. The average molecular weight is 323 g/mol. The summed E-state index contributed by atoms with van der Waals surface area (Å²) >= 11 is 0.564. The second-order valence-corrected chi connectivity index (χ2v) is 5.82. The van der Waals surface area contributed by atoms with Crippen LogP contribution in [-0.4, -0.2) is 64.8 Å². The van der Waals surface area contributed by atoms with E-state index >= 15 is 0 Å². The molecule has 8 heteroatoms. The molecule has 0 aromatic carbocycles. The van der Waals surface area contributed by atoms with Crippen LogP contribution in [0.3, 0.4) is 0 Å². The monoisotopic (exact) mass is 323 g/mol. The molecule has 1 aliphatic heterocycles. The van der Waals surface area contributed by atoms with Crippen LogP contribution < -0.4 is 15.0 Å². The predicted octanol–water partition coefficient (Wildman–Crippen LogP) is 0.502. The summed E-state index contributed by atoms with van der Waals surface area (Å²) in [6.07, 6.45) is -2.72. The Hall–Kier alpha value is -0.960. The van der Waals surface area contributed by atoms with Gasteiger partial charge in [0.25, 0.3) is 5.88 Å². The van der Waals surface area contributed by atoms with E-state index in [1.807, 2.05) is 0 Å². The van der Waals surface area contributed by atoms with E-state index in [0.29, 0.717) is 16.6 Å². The molecule has 1 aliphatic rings. The van der Waals surface area contributed by atoms with Gasteiger partial charge in [0.1, 0.15) is 12.6 Å². The Bertz CT molecular complexity index is 680. The molecule has 1 aromatic heterocycles. The molecule has 7 nitrogen and oxygen atoms in total. The summed E-state index contributed by atoms with van der Waals surface area (Å²) in [5, 5.41) is 13.1. The molecule has 2 heterocycles. The number of hydrogen-bond acceptors (Lipinski definition) is 8. The molecular formula is C13H24N4O3S. The highest BCUT2D eigenvalue weighted by Crippen LogP contribution is 2.26. The summed E-state index contributed by atoms with van der Waals surface area (Å²) in [5.41, 5.74) is -0.488. The maximum atomic E-state index is 10.3. The van der Waals surface area contributed by atoms with Crippen molar-refractivity contribution in [3.05, 3.63) is 0 Å². The Morgan fingerprint density at radius 3 is 2.95 bits per heavy atom. The van der Waals surface area contributed by atoms with Crippen LogP contribution in [0.5, 0.6) is 5.88 Å². The van der Waals surface area contributed by atoms with E-state index < -0.39 is 56.8 Å². The number of β-amino-alcohol motifs (C(OH)–C–C–N with tert-alkyl or cyclic N) is 1. The Morgan fingerprint density at radius 2 is 2.29 bits per heavy atom. The predicted molar refractivity (Wildman–Crippen MR) is 82.2 cm³/mol. The van der Waals surface area contributed by atoms with Crippen molar-refractivity contribution in [3.8, 4) is 5.88 Å². The molecule has 2 rings (SSSR count). The Morgan fingerprint density at radius 1 is 1.57 bits per heavy atom. The fourth-order valence-corrected chi connectivity index (χ4v) is 1.82. The number of aromatic nitrogens is 2. The average Bonchev–Trinajstić information content (AvgIpc) is 2.89. The van der Waals surface area contributed by atoms with Gasteiger partial charge in [-0.2, -0.15) is 4.37 Å². The third-order valence-electron chi connectivity index (χ3n) is 2.36. The number of aliphatic hydroxyl groups is 1. The first-order chi connectivity index (χ1) is 12.5. The highest BCUT2D eigenvalue weighted by Gasteiger charge is 2.21. The van der Waals surface area contributed by atoms with Gasteiger partial charge in [0.2, 0.25) is 5.82 Å². The summed E-state index contributed by atoms with van der Waals surface area (Å²) in [4.78, 5) is 0.675. The molecule has 0 bridgehead atoms. The van der Waals surface area contributed by atoms with E-state index in [1.54, 1.807) is 20.8 Å². The van der Waals surface area contributed by atoms with Crippen molar-refractivity contribution >= 4 is 17.5 Å². The SMILES string of the molecule is [2H]C1([2H])COCC([2H])([2H])N1c1nsnc1OC([2H])([2H])[C@@]([2H])(O)CNC(C)(C)C. The minimum absolute atomic E-state index is 0.369. The third kappa shape index (κ3) is 5.39. The lowest BCUT2D eigenvalue weighted by atomic mass is 10.1. The van der Waals surface area contributed by atoms with E-state index in [4.69, 9.17) is 19.1 Å². The van der Waals surface area contributed by atoms with E-state index in [0.717, 1.165) is 0 Å².